The van der Waals surface area contributed by atoms with E-state index in [4.69, 9.17) is 14.7 Å². The molecule has 0 N–H and O–H groups in total. The summed E-state index contributed by atoms with van der Waals surface area (Å²) in [5, 5.41) is 9.03. The van der Waals surface area contributed by atoms with Gasteiger partial charge >= 0.3 is 0 Å². The van der Waals surface area contributed by atoms with Crippen LogP contribution in [0.3, 0.4) is 0 Å². The van der Waals surface area contributed by atoms with Crippen LogP contribution in [0.4, 0.5) is 5.69 Å². The topological polar surface area (TPSA) is 99.9 Å². The van der Waals surface area contributed by atoms with Crippen molar-refractivity contribution in [2.24, 2.45) is 0 Å². The van der Waals surface area contributed by atoms with E-state index in [-0.39, 0.29) is 32.1 Å². The number of rotatable bonds is 6. The van der Waals surface area contributed by atoms with Crippen molar-refractivity contribution in [2.45, 2.75) is 25.4 Å². The molecule has 3 aromatic rings. The molecular weight excluding hydrogens is 446 g/mol. The zero-order chi connectivity index (χ0) is 24.4. The van der Waals surface area contributed by atoms with Crippen molar-refractivity contribution >= 4 is 23.4 Å². The van der Waals surface area contributed by atoms with E-state index in [1.54, 1.807) is 36.4 Å². The minimum atomic E-state index is -0.945. The average molecular weight is 467 g/mol. The van der Waals surface area contributed by atoms with Crippen molar-refractivity contribution in [1.29, 1.82) is 5.26 Å². The highest BCUT2D eigenvalue weighted by Gasteiger charge is 2.44. The van der Waals surface area contributed by atoms with Crippen LogP contribution >= 0.6 is 0 Å². The quantitative estimate of drug-likeness (QED) is 0.516. The first-order valence-electron chi connectivity index (χ1n) is 11.1. The molecular formula is C27H21N3O5. The summed E-state index contributed by atoms with van der Waals surface area (Å²) in [5.41, 5.74) is 2.37. The van der Waals surface area contributed by atoms with E-state index >= 15 is 0 Å². The molecule has 1 atom stereocenters. The summed E-state index contributed by atoms with van der Waals surface area (Å²) in [6, 6.07) is 21.9. The normalized spacial score (nSPS) is 16.3. The van der Waals surface area contributed by atoms with Crippen LogP contribution in [0, 0.1) is 11.3 Å². The first-order valence-corrected chi connectivity index (χ1v) is 11.1. The molecule has 2 heterocycles. The number of nitriles is 1. The molecule has 0 saturated carbocycles. The van der Waals surface area contributed by atoms with Gasteiger partial charge in [0.05, 0.1) is 30.2 Å². The van der Waals surface area contributed by atoms with E-state index in [2.05, 4.69) is 0 Å². The van der Waals surface area contributed by atoms with Crippen molar-refractivity contribution in [1.82, 2.24) is 4.90 Å². The lowest BCUT2D eigenvalue weighted by Crippen LogP contribution is -2.45. The van der Waals surface area contributed by atoms with Gasteiger partial charge < -0.3 is 14.4 Å². The van der Waals surface area contributed by atoms with Crippen molar-refractivity contribution in [3.8, 4) is 17.6 Å². The van der Waals surface area contributed by atoms with Crippen LogP contribution in [0.5, 0.6) is 11.5 Å². The fourth-order valence-corrected chi connectivity index (χ4v) is 4.30. The maximum absolute atomic E-state index is 13.5. The van der Waals surface area contributed by atoms with Gasteiger partial charge in [-0.15, -0.1) is 0 Å². The molecule has 2 aliphatic heterocycles. The van der Waals surface area contributed by atoms with Crippen LogP contribution in [-0.4, -0.2) is 35.5 Å². The van der Waals surface area contributed by atoms with Gasteiger partial charge in [-0.1, -0.05) is 36.4 Å². The Morgan fingerprint density at radius 3 is 2.46 bits per heavy atom. The summed E-state index contributed by atoms with van der Waals surface area (Å²) < 4.78 is 10.8. The number of carbonyl (C=O) groups is 3. The van der Waals surface area contributed by atoms with Gasteiger partial charge in [0.2, 0.25) is 18.6 Å². The fraction of sp³-hybridized carbons (Fsp3) is 0.185. The summed E-state index contributed by atoms with van der Waals surface area (Å²) in [6.45, 7) is 0.262. The third-order valence-corrected chi connectivity index (χ3v) is 6.06. The second kappa shape index (κ2) is 9.31. The standard InChI is InChI=1S/C27H21N3O5/c28-15-19-6-9-21(10-7-19)30-26(32)14-22(27(30)33)29(25(31)13-18-4-2-1-3-5-18)16-20-8-11-23-24(12-20)35-17-34-23/h1-12,22H,13-14,16-17H2. The Hall–Kier alpha value is -4.64. The largest absolute Gasteiger partial charge is 0.454 e. The van der Waals surface area contributed by atoms with Crippen LogP contribution in [0.1, 0.15) is 23.1 Å². The lowest BCUT2D eigenvalue weighted by molar-refractivity contribution is -0.138. The monoisotopic (exact) mass is 467 g/mol. The van der Waals surface area contributed by atoms with Crippen molar-refractivity contribution in [3.63, 3.8) is 0 Å². The maximum Gasteiger partial charge on any atom is 0.257 e. The number of nitrogens with zero attached hydrogens (tertiary/aromatic N) is 3. The van der Waals surface area contributed by atoms with E-state index in [1.165, 1.54) is 4.90 Å². The lowest BCUT2D eigenvalue weighted by Gasteiger charge is -2.28. The Labute approximate surface area is 201 Å². The molecule has 8 nitrogen and oxygen atoms in total. The molecule has 174 valence electrons. The molecule has 1 fully saturated rings. The van der Waals surface area contributed by atoms with E-state index in [1.807, 2.05) is 42.5 Å². The fourth-order valence-electron chi connectivity index (χ4n) is 4.30. The Kier molecular flexibility index (Phi) is 5.90. The molecule has 3 aromatic carbocycles. The van der Waals surface area contributed by atoms with Crippen molar-refractivity contribution < 1.29 is 23.9 Å². The summed E-state index contributed by atoms with van der Waals surface area (Å²) in [4.78, 5) is 42.4. The van der Waals surface area contributed by atoms with Crippen LogP contribution in [0.25, 0.3) is 0 Å². The molecule has 8 heteroatoms. The zero-order valence-electron chi connectivity index (χ0n) is 18.7. The van der Waals surface area contributed by atoms with E-state index in [0.717, 1.165) is 16.0 Å². The summed E-state index contributed by atoms with van der Waals surface area (Å²) in [5.74, 6) is 0.0671. The number of ether oxygens (including phenoxy) is 2. The molecule has 1 unspecified atom stereocenters. The van der Waals surface area contributed by atoms with Gasteiger partial charge in [-0.2, -0.15) is 5.26 Å². The van der Waals surface area contributed by atoms with Crippen LogP contribution in [0.15, 0.2) is 72.8 Å². The van der Waals surface area contributed by atoms with Crippen LogP contribution in [-0.2, 0) is 27.3 Å². The molecule has 0 spiro atoms. The number of carbonyl (C=O) groups excluding carboxylic acids is 3. The van der Waals surface area contributed by atoms with E-state index in [0.29, 0.717) is 22.7 Å². The number of hydrogen-bond donors (Lipinski definition) is 0. The predicted octanol–water partition coefficient (Wildman–Crippen LogP) is 3.19. The molecule has 5 rings (SSSR count). The van der Waals surface area contributed by atoms with Crippen LogP contribution in [0.2, 0.25) is 0 Å². The molecule has 2 aliphatic rings. The van der Waals surface area contributed by atoms with Gasteiger partial charge in [0, 0.05) is 6.54 Å². The summed E-state index contributed by atoms with van der Waals surface area (Å²) in [6.07, 6.45) is -0.0237. The number of imide groups is 1. The SMILES string of the molecule is N#Cc1ccc(N2C(=O)CC(N(Cc3ccc4c(c3)OCO4)C(=O)Cc3ccccc3)C2=O)cc1. The van der Waals surface area contributed by atoms with Crippen LogP contribution < -0.4 is 14.4 Å². The lowest BCUT2D eigenvalue weighted by atomic mass is 10.1. The number of fused-ring (bicyclic) bond motifs is 1. The first kappa shape index (κ1) is 22.2. The second-order valence-electron chi connectivity index (χ2n) is 8.32. The van der Waals surface area contributed by atoms with Crippen molar-refractivity contribution in [3.05, 3.63) is 89.5 Å². The van der Waals surface area contributed by atoms with Gasteiger partial charge in [-0.05, 0) is 47.5 Å². The first-order chi connectivity index (χ1) is 17.0. The Morgan fingerprint density at radius 2 is 1.71 bits per heavy atom. The van der Waals surface area contributed by atoms with Gasteiger partial charge in [0.15, 0.2) is 11.5 Å². The number of anilines is 1. The highest BCUT2D eigenvalue weighted by molar-refractivity contribution is 6.23. The Bertz CT molecular complexity index is 1330. The molecule has 1 saturated heterocycles. The third kappa shape index (κ3) is 4.44. The molecule has 0 bridgehead atoms. The smallest absolute Gasteiger partial charge is 0.257 e. The Balaban J connectivity index is 1.44. The second-order valence-corrected chi connectivity index (χ2v) is 8.32. The van der Waals surface area contributed by atoms with Gasteiger partial charge in [0.1, 0.15) is 6.04 Å². The molecule has 3 amide bonds. The predicted molar refractivity (Wildman–Crippen MR) is 125 cm³/mol. The molecule has 0 radical (unpaired) electrons. The minimum absolute atomic E-state index is 0.0974. The molecule has 0 aliphatic carbocycles. The maximum atomic E-state index is 13.5. The zero-order valence-corrected chi connectivity index (χ0v) is 18.7. The number of benzene rings is 3. The highest BCUT2D eigenvalue weighted by atomic mass is 16.7. The number of hydrogen-bond acceptors (Lipinski definition) is 6. The van der Waals surface area contributed by atoms with Crippen molar-refractivity contribution in [2.75, 3.05) is 11.7 Å². The average Bonchev–Trinajstić information content (AvgIpc) is 3.46. The summed E-state index contributed by atoms with van der Waals surface area (Å²) in [7, 11) is 0. The van der Waals surface area contributed by atoms with E-state index < -0.39 is 17.9 Å². The Morgan fingerprint density at radius 1 is 0.971 bits per heavy atom. The summed E-state index contributed by atoms with van der Waals surface area (Å²) >= 11 is 0. The van der Waals surface area contributed by atoms with E-state index in [9.17, 15) is 14.4 Å². The molecule has 35 heavy (non-hydrogen) atoms. The minimum Gasteiger partial charge on any atom is -0.454 e. The van der Waals surface area contributed by atoms with Gasteiger partial charge in [0.25, 0.3) is 5.91 Å². The van der Waals surface area contributed by atoms with Gasteiger partial charge in [-0.25, -0.2) is 4.90 Å². The third-order valence-electron chi connectivity index (χ3n) is 6.06. The molecule has 0 aromatic heterocycles. The number of amides is 3. The van der Waals surface area contributed by atoms with Gasteiger partial charge in [-0.3, -0.25) is 14.4 Å². The highest BCUT2D eigenvalue weighted by Crippen LogP contribution is 2.34.